The summed E-state index contributed by atoms with van der Waals surface area (Å²) >= 11 is 1.21. The molecule has 3 rings (SSSR count). The van der Waals surface area contributed by atoms with Crippen molar-refractivity contribution in [2.24, 2.45) is 0 Å². The van der Waals surface area contributed by atoms with Crippen LogP contribution in [0.3, 0.4) is 0 Å². The minimum Gasteiger partial charge on any atom is -0.298 e. The van der Waals surface area contributed by atoms with Gasteiger partial charge in [0.25, 0.3) is 5.91 Å². The SMILES string of the molecule is C=CCNS(=O)(=O)c1cccc(C(=O)Nc2nc(-c3ccc(F)cc3)cs2)c1. The predicted octanol–water partition coefficient (Wildman–Crippen LogP) is 3.67. The summed E-state index contributed by atoms with van der Waals surface area (Å²) in [5.74, 6) is -0.828. The predicted molar refractivity (Wildman–Crippen MR) is 107 cm³/mol. The molecule has 0 unspecified atom stereocenters. The number of sulfonamides is 1. The summed E-state index contributed by atoms with van der Waals surface area (Å²) in [4.78, 5) is 16.8. The molecule has 1 amide bonds. The number of carbonyl (C=O) groups is 1. The Labute approximate surface area is 165 Å². The molecular weight excluding hydrogens is 401 g/mol. The molecule has 1 heterocycles. The molecule has 0 aliphatic carbocycles. The standard InChI is InChI=1S/C19H16FN3O3S2/c1-2-10-21-28(25,26)16-5-3-4-14(11-16)18(24)23-19-22-17(12-27-19)13-6-8-15(20)9-7-13/h2-9,11-12,21H,1,10H2,(H,22,23,24). The van der Waals surface area contributed by atoms with Crippen LogP contribution in [0.2, 0.25) is 0 Å². The summed E-state index contributed by atoms with van der Waals surface area (Å²) in [6, 6.07) is 11.5. The van der Waals surface area contributed by atoms with Crippen LogP contribution in [0.25, 0.3) is 11.3 Å². The molecule has 6 nitrogen and oxygen atoms in total. The molecule has 9 heteroatoms. The van der Waals surface area contributed by atoms with Gasteiger partial charge in [-0.05, 0) is 42.5 Å². The molecule has 2 N–H and O–H groups in total. The van der Waals surface area contributed by atoms with Gasteiger partial charge in [0.2, 0.25) is 10.0 Å². The number of nitrogens with one attached hydrogen (secondary N) is 2. The average Bonchev–Trinajstić information content (AvgIpc) is 3.15. The van der Waals surface area contributed by atoms with E-state index >= 15 is 0 Å². The van der Waals surface area contributed by atoms with Gasteiger partial charge in [-0.25, -0.2) is 22.5 Å². The Morgan fingerprint density at radius 3 is 2.68 bits per heavy atom. The fraction of sp³-hybridized carbons (Fsp3) is 0.0526. The van der Waals surface area contributed by atoms with E-state index in [1.54, 1.807) is 17.5 Å². The third-order valence-electron chi connectivity index (χ3n) is 3.69. The number of hydrogen-bond acceptors (Lipinski definition) is 5. The van der Waals surface area contributed by atoms with Gasteiger partial charge in [-0.15, -0.1) is 17.9 Å². The number of nitrogens with zero attached hydrogens (tertiary/aromatic N) is 1. The van der Waals surface area contributed by atoms with Gasteiger partial charge >= 0.3 is 0 Å². The number of halogens is 1. The smallest absolute Gasteiger partial charge is 0.257 e. The maximum absolute atomic E-state index is 13.0. The van der Waals surface area contributed by atoms with Crippen molar-refractivity contribution < 1.29 is 17.6 Å². The molecule has 2 aromatic carbocycles. The van der Waals surface area contributed by atoms with E-state index in [0.717, 1.165) is 5.56 Å². The first-order valence-corrected chi connectivity index (χ1v) is 10.5. The third kappa shape index (κ3) is 4.69. The molecule has 3 aromatic rings. The lowest BCUT2D eigenvalue weighted by molar-refractivity contribution is 0.102. The van der Waals surface area contributed by atoms with E-state index in [1.165, 1.54) is 53.8 Å². The van der Waals surface area contributed by atoms with Crippen LogP contribution in [0.5, 0.6) is 0 Å². The van der Waals surface area contributed by atoms with Gasteiger partial charge in [0.1, 0.15) is 5.82 Å². The zero-order valence-electron chi connectivity index (χ0n) is 14.6. The number of thiazole rings is 1. The van der Waals surface area contributed by atoms with Gasteiger partial charge in [0.05, 0.1) is 10.6 Å². The van der Waals surface area contributed by atoms with Crippen LogP contribution in [-0.4, -0.2) is 25.9 Å². The van der Waals surface area contributed by atoms with Crippen molar-refractivity contribution in [3.63, 3.8) is 0 Å². The zero-order chi connectivity index (χ0) is 20.1. The first kappa shape index (κ1) is 19.9. The van der Waals surface area contributed by atoms with E-state index in [2.05, 4.69) is 21.6 Å². The van der Waals surface area contributed by atoms with Crippen LogP contribution >= 0.6 is 11.3 Å². The lowest BCUT2D eigenvalue weighted by Gasteiger charge is -2.07. The molecule has 0 fully saturated rings. The molecule has 0 bridgehead atoms. The summed E-state index contributed by atoms with van der Waals surface area (Å²) in [5, 5.41) is 4.73. The molecule has 0 aliphatic rings. The van der Waals surface area contributed by atoms with Crippen molar-refractivity contribution in [3.05, 3.63) is 77.9 Å². The Morgan fingerprint density at radius 2 is 1.96 bits per heavy atom. The van der Waals surface area contributed by atoms with Crippen LogP contribution in [0, 0.1) is 5.82 Å². The number of rotatable bonds is 7. The summed E-state index contributed by atoms with van der Waals surface area (Å²) in [5.41, 5.74) is 1.50. The monoisotopic (exact) mass is 417 g/mol. The maximum Gasteiger partial charge on any atom is 0.257 e. The summed E-state index contributed by atoms with van der Waals surface area (Å²) < 4.78 is 39.7. The second kappa shape index (κ2) is 8.42. The molecule has 1 aromatic heterocycles. The molecule has 0 aliphatic heterocycles. The third-order valence-corrected chi connectivity index (χ3v) is 5.87. The van der Waals surface area contributed by atoms with E-state index in [0.29, 0.717) is 10.8 Å². The lowest BCUT2D eigenvalue weighted by atomic mass is 10.2. The second-order valence-electron chi connectivity index (χ2n) is 5.67. The highest BCUT2D eigenvalue weighted by Crippen LogP contribution is 2.25. The van der Waals surface area contributed by atoms with E-state index < -0.39 is 15.9 Å². The number of aromatic nitrogens is 1. The average molecular weight is 417 g/mol. The summed E-state index contributed by atoms with van der Waals surface area (Å²) in [7, 11) is -3.73. The van der Waals surface area contributed by atoms with Crippen LogP contribution in [0.4, 0.5) is 9.52 Å². The molecule has 0 saturated carbocycles. The van der Waals surface area contributed by atoms with Gasteiger partial charge < -0.3 is 0 Å². The topological polar surface area (TPSA) is 88.2 Å². The molecule has 0 radical (unpaired) electrons. The summed E-state index contributed by atoms with van der Waals surface area (Å²) in [6.07, 6.45) is 1.43. The van der Waals surface area contributed by atoms with Gasteiger partial charge in [-0.1, -0.05) is 12.1 Å². The molecule has 144 valence electrons. The Hall–Kier alpha value is -2.88. The molecule has 0 atom stereocenters. The number of anilines is 1. The number of carbonyl (C=O) groups excluding carboxylic acids is 1. The highest BCUT2D eigenvalue weighted by molar-refractivity contribution is 7.89. The zero-order valence-corrected chi connectivity index (χ0v) is 16.2. The Balaban J connectivity index is 1.76. The fourth-order valence-corrected chi connectivity index (χ4v) is 4.07. The largest absolute Gasteiger partial charge is 0.298 e. The number of benzene rings is 2. The fourth-order valence-electron chi connectivity index (χ4n) is 2.31. The molecular formula is C19H16FN3O3S2. The van der Waals surface area contributed by atoms with E-state index in [9.17, 15) is 17.6 Å². The first-order chi connectivity index (χ1) is 13.4. The van der Waals surface area contributed by atoms with Crippen LogP contribution in [-0.2, 0) is 10.0 Å². The van der Waals surface area contributed by atoms with Crippen molar-refractivity contribution in [2.45, 2.75) is 4.90 Å². The van der Waals surface area contributed by atoms with E-state index in [4.69, 9.17) is 0 Å². The van der Waals surface area contributed by atoms with Crippen molar-refractivity contribution in [3.8, 4) is 11.3 Å². The van der Waals surface area contributed by atoms with Gasteiger partial charge in [-0.3, -0.25) is 10.1 Å². The van der Waals surface area contributed by atoms with Crippen molar-refractivity contribution >= 4 is 32.4 Å². The van der Waals surface area contributed by atoms with Crippen molar-refractivity contribution in [2.75, 3.05) is 11.9 Å². The van der Waals surface area contributed by atoms with Crippen molar-refractivity contribution in [1.82, 2.24) is 9.71 Å². The van der Waals surface area contributed by atoms with Gasteiger partial charge in [-0.2, -0.15) is 0 Å². The molecule has 28 heavy (non-hydrogen) atoms. The van der Waals surface area contributed by atoms with Crippen LogP contribution < -0.4 is 10.0 Å². The number of hydrogen-bond donors (Lipinski definition) is 2. The first-order valence-electron chi connectivity index (χ1n) is 8.12. The van der Waals surface area contributed by atoms with Gasteiger partial charge in [0.15, 0.2) is 5.13 Å². The Bertz CT molecular complexity index is 1110. The normalized spacial score (nSPS) is 11.2. The van der Waals surface area contributed by atoms with Crippen molar-refractivity contribution in [1.29, 1.82) is 0 Å². The van der Waals surface area contributed by atoms with Gasteiger partial charge in [0, 0.05) is 23.1 Å². The van der Waals surface area contributed by atoms with E-state index in [-0.39, 0.29) is 22.8 Å². The Kier molecular flexibility index (Phi) is 5.98. The molecule has 0 saturated heterocycles. The van der Waals surface area contributed by atoms with Crippen LogP contribution in [0.1, 0.15) is 10.4 Å². The maximum atomic E-state index is 13.0. The van der Waals surface area contributed by atoms with Crippen LogP contribution in [0.15, 0.2) is 71.5 Å². The highest BCUT2D eigenvalue weighted by atomic mass is 32.2. The summed E-state index contributed by atoms with van der Waals surface area (Å²) in [6.45, 7) is 3.55. The molecule has 0 spiro atoms. The lowest BCUT2D eigenvalue weighted by Crippen LogP contribution is -2.24. The van der Waals surface area contributed by atoms with E-state index in [1.807, 2.05) is 0 Å². The number of amides is 1. The highest BCUT2D eigenvalue weighted by Gasteiger charge is 2.16. The minimum atomic E-state index is -3.73. The quantitative estimate of drug-likeness (QED) is 0.574. The minimum absolute atomic E-state index is 0.0202. The Morgan fingerprint density at radius 1 is 1.21 bits per heavy atom. The second-order valence-corrected chi connectivity index (χ2v) is 8.29.